The first-order valence-electron chi connectivity index (χ1n) is 7.54. The maximum Gasteiger partial charge on any atom is 0.178 e. The molecule has 0 aromatic heterocycles. The van der Waals surface area contributed by atoms with E-state index in [-0.39, 0.29) is 12.0 Å². The van der Waals surface area contributed by atoms with Gasteiger partial charge in [-0.05, 0) is 25.0 Å². The van der Waals surface area contributed by atoms with Crippen LogP contribution in [0.4, 0.5) is 4.39 Å². The Hall–Kier alpha value is -1.87. The van der Waals surface area contributed by atoms with E-state index in [9.17, 15) is 4.39 Å². The molecule has 21 heavy (non-hydrogen) atoms. The Morgan fingerprint density at radius 2 is 1.67 bits per heavy atom. The maximum atomic E-state index is 13.4. The smallest absolute Gasteiger partial charge is 0.178 e. The van der Waals surface area contributed by atoms with E-state index in [0.29, 0.717) is 5.75 Å². The lowest BCUT2D eigenvalue weighted by Crippen LogP contribution is -2.36. The first kappa shape index (κ1) is 14.1. The van der Waals surface area contributed by atoms with Crippen LogP contribution in [0.25, 0.3) is 0 Å². The summed E-state index contributed by atoms with van der Waals surface area (Å²) < 4.78 is 19.5. The van der Waals surface area contributed by atoms with Crippen LogP contribution in [0, 0.1) is 5.82 Å². The fourth-order valence-electron chi connectivity index (χ4n) is 2.79. The van der Waals surface area contributed by atoms with Crippen LogP contribution in [-0.2, 0) is 0 Å². The Morgan fingerprint density at radius 1 is 0.905 bits per heavy atom. The molecule has 3 rings (SSSR count). The van der Waals surface area contributed by atoms with Crippen molar-refractivity contribution in [1.29, 1.82) is 0 Å². The van der Waals surface area contributed by atoms with Crippen molar-refractivity contribution in [2.75, 3.05) is 13.1 Å². The maximum absolute atomic E-state index is 13.4. The second-order valence-electron chi connectivity index (χ2n) is 5.43. The van der Waals surface area contributed by atoms with Gasteiger partial charge in [-0.2, -0.15) is 0 Å². The van der Waals surface area contributed by atoms with Crippen molar-refractivity contribution in [2.24, 2.45) is 0 Å². The molecule has 0 N–H and O–H groups in total. The van der Waals surface area contributed by atoms with Gasteiger partial charge in [0.25, 0.3) is 0 Å². The van der Waals surface area contributed by atoms with Crippen LogP contribution in [0.2, 0.25) is 0 Å². The van der Waals surface area contributed by atoms with Gasteiger partial charge in [0.1, 0.15) is 11.6 Å². The number of nitrogens with zero attached hydrogens (tertiary/aromatic N) is 1. The molecule has 0 radical (unpaired) electrons. The lowest BCUT2D eigenvalue weighted by molar-refractivity contribution is 0.0103. The number of ether oxygens (including phenoxy) is 1. The number of hydrogen-bond donors (Lipinski definition) is 0. The molecule has 0 amide bonds. The highest BCUT2D eigenvalue weighted by Crippen LogP contribution is 2.28. The van der Waals surface area contributed by atoms with Gasteiger partial charge in [0.05, 0.1) is 0 Å². The summed E-state index contributed by atoms with van der Waals surface area (Å²) in [4.78, 5) is 2.34. The van der Waals surface area contributed by atoms with Gasteiger partial charge in [-0.1, -0.05) is 42.8 Å². The van der Waals surface area contributed by atoms with Crippen LogP contribution in [0.15, 0.2) is 54.6 Å². The van der Waals surface area contributed by atoms with Gasteiger partial charge in [-0.15, -0.1) is 0 Å². The predicted molar refractivity (Wildman–Crippen MR) is 81.6 cm³/mol. The monoisotopic (exact) mass is 285 g/mol. The highest BCUT2D eigenvalue weighted by atomic mass is 19.1. The lowest BCUT2D eigenvalue weighted by Gasteiger charge is -2.34. The molecule has 1 fully saturated rings. The quantitative estimate of drug-likeness (QED) is 0.826. The Labute approximate surface area is 125 Å². The molecular formula is C18H20FNO. The van der Waals surface area contributed by atoms with Crippen molar-refractivity contribution in [1.82, 2.24) is 4.90 Å². The molecular weight excluding hydrogens is 265 g/mol. The van der Waals surface area contributed by atoms with E-state index < -0.39 is 0 Å². The second kappa shape index (κ2) is 6.72. The summed E-state index contributed by atoms with van der Waals surface area (Å²) in [5.74, 6) is 0.312. The summed E-state index contributed by atoms with van der Waals surface area (Å²) in [6.07, 6.45) is 3.51. The van der Waals surface area contributed by atoms with Crippen molar-refractivity contribution >= 4 is 0 Å². The molecule has 0 saturated carbocycles. The summed E-state index contributed by atoms with van der Waals surface area (Å²) >= 11 is 0. The van der Waals surface area contributed by atoms with Crippen LogP contribution in [0.1, 0.15) is 31.1 Å². The van der Waals surface area contributed by atoms with Gasteiger partial charge >= 0.3 is 0 Å². The van der Waals surface area contributed by atoms with E-state index in [1.807, 2.05) is 24.3 Å². The van der Waals surface area contributed by atoms with Crippen LogP contribution in [-0.4, -0.2) is 18.0 Å². The van der Waals surface area contributed by atoms with Gasteiger partial charge in [0, 0.05) is 24.7 Å². The number of benzene rings is 2. The molecule has 1 atom stereocenters. The second-order valence-corrected chi connectivity index (χ2v) is 5.43. The summed E-state index contributed by atoms with van der Waals surface area (Å²) in [5, 5.41) is 0. The van der Waals surface area contributed by atoms with Crippen LogP contribution in [0.5, 0.6) is 5.75 Å². The molecule has 2 nitrogen and oxygen atoms in total. The molecule has 110 valence electrons. The minimum absolute atomic E-state index is 0.145. The molecule has 2 aromatic rings. The Kier molecular flexibility index (Phi) is 4.51. The fraction of sp³-hybridized carbons (Fsp3) is 0.333. The third-order valence-corrected chi connectivity index (χ3v) is 3.85. The number of likely N-dealkylation sites (tertiary alicyclic amines) is 1. The van der Waals surface area contributed by atoms with Crippen LogP contribution >= 0.6 is 0 Å². The normalized spacial score (nSPS) is 17.4. The minimum atomic E-state index is -0.266. The fourth-order valence-corrected chi connectivity index (χ4v) is 2.79. The average Bonchev–Trinajstić information content (AvgIpc) is 2.54. The van der Waals surface area contributed by atoms with Crippen molar-refractivity contribution in [3.8, 4) is 5.75 Å². The molecule has 0 spiro atoms. The third kappa shape index (κ3) is 3.61. The van der Waals surface area contributed by atoms with E-state index in [2.05, 4.69) is 17.0 Å². The van der Waals surface area contributed by atoms with Gasteiger partial charge in [0.2, 0.25) is 0 Å². The topological polar surface area (TPSA) is 12.5 Å². The van der Waals surface area contributed by atoms with Crippen molar-refractivity contribution in [3.63, 3.8) is 0 Å². The minimum Gasteiger partial charge on any atom is -0.471 e. The molecule has 1 saturated heterocycles. The summed E-state index contributed by atoms with van der Waals surface area (Å²) in [6, 6.07) is 16.5. The van der Waals surface area contributed by atoms with E-state index in [1.54, 1.807) is 6.07 Å². The predicted octanol–water partition coefficient (Wildman–Crippen LogP) is 4.39. The number of hydrogen-bond acceptors (Lipinski definition) is 2. The Morgan fingerprint density at radius 3 is 2.38 bits per heavy atom. The van der Waals surface area contributed by atoms with Gasteiger partial charge in [-0.3, -0.25) is 4.90 Å². The highest BCUT2D eigenvalue weighted by Gasteiger charge is 2.23. The summed E-state index contributed by atoms with van der Waals surface area (Å²) in [5.41, 5.74) is 1.11. The zero-order valence-electron chi connectivity index (χ0n) is 12.0. The van der Waals surface area contributed by atoms with E-state index in [4.69, 9.17) is 4.74 Å². The highest BCUT2D eigenvalue weighted by molar-refractivity contribution is 5.25. The van der Waals surface area contributed by atoms with Gasteiger partial charge in [0.15, 0.2) is 6.23 Å². The van der Waals surface area contributed by atoms with Gasteiger partial charge < -0.3 is 4.74 Å². The Bertz CT molecular complexity index is 566. The molecule has 1 heterocycles. The van der Waals surface area contributed by atoms with E-state index in [1.165, 1.54) is 31.4 Å². The van der Waals surface area contributed by atoms with E-state index >= 15 is 0 Å². The Balaban J connectivity index is 1.85. The molecule has 1 aliphatic rings. The standard InChI is InChI=1S/C18H20FNO/c19-16-10-7-11-17(14-16)21-18(15-8-3-1-4-9-15)20-12-5-2-6-13-20/h1,3-4,7-11,14,18H,2,5-6,12-13H2. The zero-order valence-corrected chi connectivity index (χ0v) is 12.0. The lowest BCUT2D eigenvalue weighted by atomic mass is 10.1. The largest absolute Gasteiger partial charge is 0.471 e. The van der Waals surface area contributed by atoms with Crippen molar-refractivity contribution in [3.05, 3.63) is 66.0 Å². The van der Waals surface area contributed by atoms with Crippen molar-refractivity contribution in [2.45, 2.75) is 25.5 Å². The van der Waals surface area contributed by atoms with Gasteiger partial charge in [-0.25, -0.2) is 4.39 Å². The molecule has 0 bridgehead atoms. The number of halogens is 1. The average molecular weight is 285 g/mol. The molecule has 1 aliphatic heterocycles. The van der Waals surface area contributed by atoms with E-state index in [0.717, 1.165) is 18.7 Å². The first-order valence-corrected chi connectivity index (χ1v) is 7.54. The molecule has 3 heteroatoms. The summed E-state index contributed by atoms with van der Waals surface area (Å²) in [6.45, 7) is 2.05. The zero-order chi connectivity index (χ0) is 14.5. The van der Waals surface area contributed by atoms with Crippen LogP contribution < -0.4 is 4.74 Å². The third-order valence-electron chi connectivity index (χ3n) is 3.85. The first-order chi connectivity index (χ1) is 10.3. The van der Waals surface area contributed by atoms with Crippen LogP contribution in [0.3, 0.4) is 0 Å². The molecule has 0 aliphatic carbocycles. The molecule has 1 unspecified atom stereocenters. The molecule has 2 aromatic carbocycles. The summed E-state index contributed by atoms with van der Waals surface area (Å²) in [7, 11) is 0. The number of piperidine rings is 1. The SMILES string of the molecule is Fc1cccc(OC(c2ccccc2)N2CCCCC2)c1. The number of rotatable bonds is 4. The van der Waals surface area contributed by atoms with Crippen molar-refractivity contribution < 1.29 is 9.13 Å².